The number of rotatable bonds is 4. The average molecular weight is 315 g/mol. The van der Waals surface area contributed by atoms with E-state index in [1.54, 1.807) is 18.2 Å². The van der Waals surface area contributed by atoms with Crippen LogP contribution in [0.25, 0.3) is 11.3 Å². The predicted octanol–water partition coefficient (Wildman–Crippen LogP) is 2.11. The van der Waals surface area contributed by atoms with Crippen LogP contribution in [0.5, 0.6) is 0 Å². The summed E-state index contributed by atoms with van der Waals surface area (Å²) in [6.45, 7) is -0.107. The van der Waals surface area contributed by atoms with Gasteiger partial charge in [-0.05, 0) is 43.2 Å². The summed E-state index contributed by atoms with van der Waals surface area (Å²) >= 11 is 0. The van der Waals surface area contributed by atoms with Crippen molar-refractivity contribution < 1.29 is 9.18 Å². The van der Waals surface area contributed by atoms with Crippen LogP contribution < -0.4 is 10.9 Å². The minimum Gasteiger partial charge on any atom is -0.352 e. The summed E-state index contributed by atoms with van der Waals surface area (Å²) in [4.78, 5) is 23.9. The molecule has 2 aromatic rings. The molecule has 1 N–H and O–H groups in total. The number of amides is 1. The highest BCUT2D eigenvalue weighted by Gasteiger charge is 2.17. The first-order valence-electron chi connectivity index (χ1n) is 7.75. The molecule has 1 saturated carbocycles. The lowest BCUT2D eigenvalue weighted by molar-refractivity contribution is -0.122. The Morgan fingerprint density at radius 3 is 2.57 bits per heavy atom. The van der Waals surface area contributed by atoms with E-state index in [-0.39, 0.29) is 29.9 Å². The van der Waals surface area contributed by atoms with E-state index in [0.29, 0.717) is 11.3 Å². The van der Waals surface area contributed by atoms with Crippen LogP contribution >= 0.6 is 0 Å². The second-order valence-corrected chi connectivity index (χ2v) is 5.77. The predicted molar refractivity (Wildman–Crippen MR) is 84.3 cm³/mol. The molecule has 23 heavy (non-hydrogen) atoms. The van der Waals surface area contributed by atoms with Crippen LogP contribution in [-0.2, 0) is 11.3 Å². The third kappa shape index (κ3) is 3.83. The fourth-order valence-electron chi connectivity index (χ4n) is 2.82. The van der Waals surface area contributed by atoms with Gasteiger partial charge in [0.2, 0.25) is 5.91 Å². The minimum absolute atomic E-state index is 0.107. The molecule has 1 fully saturated rings. The van der Waals surface area contributed by atoms with Crippen molar-refractivity contribution in [2.24, 2.45) is 0 Å². The Morgan fingerprint density at radius 1 is 1.17 bits per heavy atom. The number of carbonyl (C=O) groups is 1. The maximum absolute atomic E-state index is 13.0. The topological polar surface area (TPSA) is 64.0 Å². The average Bonchev–Trinajstić information content (AvgIpc) is 3.03. The number of halogens is 1. The van der Waals surface area contributed by atoms with Gasteiger partial charge in [-0.25, -0.2) is 9.07 Å². The Hall–Kier alpha value is -2.50. The molecule has 0 spiro atoms. The van der Waals surface area contributed by atoms with Crippen molar-refractivity contribution in [3.8, 4) is 11.3 Å². The molecule has 0 aliphatic heterocycles. The first-order chi connectivity index (χ1) is 11.1. The molecule has 0 radical (unpaired) electrons. The van der Waals surface area contributed by atoms with Crippen LogP contribution in [0.1, 0.15) is 25.7 Å². The molecule has 1 aliphatic rings. The smallest absolute Gasteiger partial charge is 0.267 e. The fraction of sp³-hybridized carbons (Fsp3) is 0.353. The summed E-state index contributed by atoms with van der Waals surface area (Å²) in [5.74, 6) is -0.541. The van der Waals surface area contributed by atoms with E-state index < -0.39 is 0 Å². The second-order valence-electron chi connectivity index (χ2n) is 5.77. The van der Waals surface area contributed by atoms with Crippen molar-refractivity contribution >= 4 is 5.91 Å². The van der Waals surface area contributed by atoms with Crippen LogP contribution in [0.2, 0.25) is 0 Å². The standard InChI is InChI=1S/C17H18FN3O2/c18-13-7-5-12(6-8-13)15-9-10-17(23)21(20-15)11-16(22)19-14-3-1-2-4-14/h5-10,14H,1-4,11H2,(H,19,22). The molecule has 0 saturated heterocycles. The van der Waals surface area contributed by atoms with Gasteiger partial charge in [-0.3, -0.25) is 9.59 Å². The zero-order valence-corrected chi connectivity index (χ0v) is 12.7. The SMILES string of the molecule is O=C(Cn1nc(-c2ccc(F)cc2)ccc1=O)NC1CCCC1. The van der Waals surface area contributed by atoms with Crippen molar-refractivity contribution in [1.82, 2.24) is 15.1 Å². The Morgan fingerprint density at radius 2 is 1.87 bits per heavy atom. The van der Waals surface area contributed by atoms with Crippen LogP contribution in [0.4, 0.5) is 4.39 Å². The fourth-order valence-corrected chi connectivity index (χ4v) is 2.82. The molecule has 1 aromatic carbocycles. The van der Waals surface area contributed by atoms with Crippen molar-refractivity contribution in [1.29, 1.82) is 0 Å². The molecule has 1 aromatic heterocycles. The van der Waals surface area contributed by atoms with E-state index in [0.717, 1.165) is 30.4 Å². The molecule has 1 heterocycles. The first-order valence-corrected chi connectivity index (χ1v) is 7.75. The summed E-state index contributed by atoms with van der Waals surface area (Å²) in [5.41, 5.74) is 0.882. The monoisotopic (exact) mass is 315 g/mol. The lowest BCUT2D eigenvalue weighted by Gasteiger charge is -2.12. The summed E-state index contributed by atoms with van der Waals surface area (Å²) in [6.07, 6.45) is 4.24. The van der Waals surface area contributed by atoms with Crippen molar-refractivity contribution in [3.63, 3.8) is 0 Å². The Kier molecular flexibility index (Phi) is 4.50. The van der Waals surface area contributed by atoms with Gasteiger partial charge in [0, 0.05) is 17.7 Å². The van der Waals surface area contributed by atoms with Gasteiger partial charge in [-0.15, -0.1) is 0 Å². The highest BCUT2D eigenvalue weighted by Crippen LogP contribution is 2.18. The van der Waals surface area contributed by atoms with E-state index in [9.17, 15) is 14.0 Å². The molecular weight excluding hydrogens is 297 g/mol. The molecule has 6 heteroatoms. The molecule has 0 unspecified atom stereocenters. The summed E-state index contributed by atoms with van der Waals surface area (Å²) in [6, 6.07) is 8.99. The Balaban J connectivity index is 1.76. The number of aromatic nitrogens is 2. The molecule has 1 amide bonds. The van der Waals surface area contributed by atoms with E-state index >= 15 is 0 Å². The Labute approximate surface area is 133 Å². The highest BCUT2D eigenvalue weighted by molar-refractivity contribution is 5.76. The molecular formula is C17H18FN3O2. The van der Waals surface area contributed by atoms with Gasteiger partial charge in [0.25, 0.3) is 5.56 Å². The van der Waals surface area contributed by atoms with Gasteiger partial charge in [-0.1, -0.05) is 12.8 Å². The van der Waals surface area contributed by atoms with Gasteiger partial charge in [0.05, 0.1) is 5.69 Å². The third-order valence-electron chi connectivity index (χ3n) is 4.02. The van der Waals surface area contributed by atoms with Crippen LogP contribution in [0, 0.1) is 5.82 Å². The van der Waals surface area contributed by atoms with Crippen molar-refractivity contribution in [2.45, 2.75) is 38.3 Å². The molecule has 3 rings (SSSR count). The zero-order valence-electron chi connectivity index (χ0n) is 12.7. The van der Waals surface area contributed by atoms with Gasteiger partial charge in [-0.2, -0.15) is 5.10 Å². The van der Waals surface area contributed by atoms with Crippen LogP contribution in [-0.4, -0.2) is 21.7 Å². The van der Waals surface area contributed by atoms with Crippen molar-refractivity contribution in [2.75, 3.05) is 0 Å². The number of benzene rings is 1. The maximum Gasteiger partial charge on any atom is 0.267 e. The molecule has 1 aliphatic carbocycles. The molecule has 0 atom stereocenters. The second kappa shape index (κ2) is 6.73. The minimum atomic E-state index is -0.336. The van der Waals surface area contributed by atoms with Crippen LogP contribution in [0.3, 0.4) is 0 Å². The maximum atomic E-state index is 13.0. The van der Waals surface area contributed by atoms with Crippen LogP contribution in [0.15, 0.2) is 41.2 Å². The highest BCUT2D eigenvalue weighted by atomic mass is 19.1. The quantitative estimate of drug-likeness (QED) is 0.940. The van der Waals surface area contributed by atoms with Gasteiger partial charge in [0.15, 0.2) is 0 Å². The van der Waals surface area contributed by atoms with Gasteiger partial charge < -0.3 is 5.32 Å². The van der Waals surface area contributed by atoms with Gasteiger partial charge >= 0.3 is 0 Å². The Bertz CT molecular complexity index is 749. The summed E-state index contributed by atoms with van der Waals surface area (Å²) in [5, 5.41) is 7.14. The third-order valence-corrected chi connectivity index (χ3v) is 4.02. The number of nitrogens with one attached hydrogen (secondary N) is 1. The number of carbonyl (C=O) groups excluding carboxylic acids is 1. The largest absolute Gasteiger partial charge is 0.352 e. The van der Waals surface area contributed by atoms with E-state index in [1.165, 1.54) is 18.2 Å². The van der Waals surface area contributed by atoms with E-state index in [2.05, 4.69) is 10.4 Å². The number of hydrogen-bond acceptors (Lipinski definition) is 3. The summed E-state index contributed by atoms with van der Waals surface area (Å²) < 4.78 is 14.1. The lowest BCUT2D eigenvalue weighted by Crippen LogP contribution is -2.38. The number of nitrogens with zero attached hydrogens (tertiary/aromatic N) is 2. The van der Waals surface area contributed by atoms with E-state index in [1.807, 2.05) is 0 Å². The van der Waals surface area contributed by atoms with Gasteiger partial charge in [0.1, 0.15) is 12.4 Å². The number of hydrogen-bond donors (Lipinski definition) is 1. The van der Waals surface area contributed by atoms with E-state index in [4.69, 9.17) is 0 Å². The summed E-state index contributed by atoms with van der Waals surface area (Å²) in [7, 11) is 0. The molecule has 120 valence electrons. The lowest BCUT2D eigenvalue weighted by atomic mass is 10.1. The first kappa shape index (κ1) is 15.4. The zero-order chi connectivity index (χ0) is 16.2. The van der Waals surface area contributed by atoms with Crippen molar-refractivity contribution in [3.05, 3.63) is 52.6 Å². The molecule has 5 nitrogen and oxygen atoms in total. The molecule has 0 bridgehead atoms. The normalized spacial score (nSPS) is 14.8.